The lowest BCUT2D eigenvalue weighted by atomic mass is 10.1. The third-order valence-electron chi connectivity index (χ3n) is 6.01. The van der Waals surface area contributed by atoms with E-state index in [1.54, 1.807) is 7.11 Å². The van der Waals surface area contributed by atoms with Crippen LogP contribution in [0.5, 0.6) is 5.75 Å². The van der Waals surface area contributed by atoms with Crippen molar-refractivity contribution < 1.29 is 14.3 Å². The second kappa shape index (κ2) is 10.1. The first kappa shape index (κ1) is 23.9. The van der Waals surface area contributed by atoms with Crippen LogP contribution in [0.4, 0.5) is 11.4 Å². The summed E-state index contributed by atoms with van der Waals surface area (Å²) in [5.41, 5.74) is 5.49. The Morgan fingerprint density at radius 1 is 0.946 bits per heavy atom. The van der Waals surface area contributed by atoms with Crippen LogP contribution in [0, 0.1) is 13.8 Å². The van der Waals surface area contributed by atoms with Crippen molar-refractivity contribution in [3.8, 4) is 11.4 Å². The molecule has 186 valence electrons. The van der Waals surface area contributed by atoms with Crippen LogP contribution in [-0.4, -0.2) is 33.7 Å². The van der Waals surface area contributed by atoms with Crippen molar-refractivity contribution in [2.75, 3.05) is 7.11 Å². The van der Waals surface area contributed by atoms with Crippen molar-refractivity contribution in [3.63, 3.8) is 0 Å². The van der Waals surface area contributed by atoms with Crippen molar-refractivity contribution in [2.45, 2.75) is 27.0 Å². The smallest absolute Gasteiger partial charge is 0.243 e. The van der Waals surface area contributed by atoms with Gasteiger partial charge in [-0.3, -0.25) is 4.79 Å². The molecule has 3 aromatic carbocycles. The number of methoxy groups -OCH3 is 1. The Labute approximate surface area is 214 Å². The molecule has 9 heteroatoms. The predicted octanol–water partition coefficient (Wildman–Crippen LogP) is 6.15. The van der Waals surface area contributed by atoms with Crippen LogP contribution in [0.2, 0.25) is 0 Å². The zero-order valence-corrected chi connectivity index (χ0v) is 21.0. The van der Waals surface area contributed by atoms with Crippen molar-refractivity contribution in [1.82, 2.24) is 14.8 Å². The molecule has 1 unspecified atom stereocenters. The number of benzene rings is 3. The summed E-state index contributed by atoms with van der Waals surface area (Å²) >= 11 is 0. The minimum absolute atomic E-state index is 0.238. The van der Waals surface area contributed by atoms with Crippen LogP contribution >= 0.6 is 0 Å². The number of rotatable bonds is 6. The summed E-state index contributed by atoms with van der Waals surface area (Å²) in [6, 6.07) is 24.6. The van der Waals surface area contributed by atoms with Crippen LogP contribution in [0.1, 0.15) is 35.7 Å². The molecule has 1 aliphatic rings. The number of aromatic nitrogens is 2. The number of para-hydroxylation sites is 2. The molecule has 0 radical (unpaired) electrons. The standard InChI is InChI=1S/C28H26N6O3/c1-18-26(19(2)33(31-18)23-10-6-5-7-11-23)30-29-22-16-14-21(15-17-22)27-32-34(20(3)35)28(37-27)24-12-8-9-13-25(24)36-4/h5-17,28H,1-4H3. The van der Waals surface area contributed by atoms with Crippen LogP contribution in [0.25, 0.3) is 5.69 Å². The molecule has 1 aliphatic heterocycles. The molecule has 4 aromatic rings. The fourth-order valence-electron chi connectivity index (χ4n) is 4.13. The van der Waals surface area contributed by atoms with Gasteiger partial charge < -0.3 is 9.47 Å². The summed E-state index contributed by atoms with van der Waals surface area (Å²) in [5.74, 6) is 0.718. The first-order chi connectivity index (χ1) is 18.0. The van der Waals surface area contributed by atoms with E-state index in [1.165, 1.54) is 11.9 Å². The predicted molar refractivity (Wildman–Crippen MR) is 140 cm³/mol. The number of ether oxygens (including phenoxy) is 2. The van der Waals surface area contributed by atoms with Gasteiger partial charge in [0.2, 0.25) is 18.0 Å². The molecule has 0 saturated carbocycles. The third-order valence-corrected chi connectivity index (χ3v) is 6.01. The largest absolute Gasteiger partial charge is 0.496 e. The van der Waals surface area contributed by atoms with Crippen LogP contribution in [0.15, 0.2) is 94.2 Å². The Hall–Kier alpha value is -4.79. The number of azo groups is 1. The molecule has 2 heterocycles. The fourth-order valence-corrected chi connectivity index (χ4v) is 4.13. The van der Waals surface area contributed by atoms with Gasteiger partial charge in [-0.15, -0.1) is 10.2 Å². The van der Waals surface area contributed by atoms with E-state index < -0.39 is 6.23 Å². The highest BCUT2D eigenvalue weighted by atomic mass is 16.5. The van der Waals surface area contributed by atoms with Gasteiger partial charge in [-0.2, -0.15) is 15.2 Å². The number of aryl methyl sites for hydroxylation is 1. The summed E-state index contributed by atoms with van der Waals surface area (Å²) < 4.78 is 13.4. The van der Waals surface area contributed by atoms with Crippen LogP contribution in [-0.2, 0) is 9.53 Å². The highest BCUT2D eigenvalue weighted by Crippen LogP contribution is 2.35. The second-order valence-electron chi connectivity index (χ2n) is 8.49. The molecule has 37 heavy (non-hydrogen) atoms. The van der Waals surface area contributed by atoms with E-state index in [0.717, 1.165) is 22.8 Å². The Balaban J connectivity index is 1.36. The van der Waals surface area contributed by atoms with Gasteiger partial charge >= 0.3 is 0 Å². The number of carbonyl (C=O) groups excluding carboxylic acids is 1. The van der Waals surface area contributed by atoms with Crippen LogP contribution < -0.4 is 4.74 Å². The Kier molecular flexibility index (Phi) is 6.51. The lowest BCUT2D eigenvalue weighted by Crippen LogP contribution is -2.25. The molecule has 1 aromatic heterocycles. The summed E-state index contributed by atoms with van der Waals surface area (Å²) in [6.07, 6.45) is -0.713. The lowest BCUT2D eigenvalue weighted by molar-refractivity contribution is -0.135. The monoisotopic (exact) mass is 494 g/mol. The molecule has 0 bridgehead atoms. The topological polar surface area (TPSA) is 93.7 Å². The lowest BCUT2D eigenvalue weighted by Gasteiger charge is -2.21. The van der Waals surface area contributed by atoms with E-state index in [1.807, 2.05) is 97.4 Å². The van der Waals surface area contributed by atoms with Gasteiger partial charge in [0.15, 0.2) is 0 Å². The highest BCUT2D eigenvalue weighted by molar-refractivity contribution is 5.96. The first-order valence-electron chi connectivity index (χ1n) is 11.8. The maximum Gasteiger partial charge on any atom is 0.243 e. The first-order valence-corrected chi connectivity index (χ1v) is 11.8. The summed E-state index contributed by atoms with van der Waals surface area (Å²) in [5, 5.41) is 19.2. The van der Waals surface area contributed by atoms with E-state index in [2.05, 4.69) is 20.4 Å². The molecular formula is C28H26N6O3. The zero-order chi connectivity index (χ0) is 25.9. The molecule has 5 rings (SSSR count). The Bertz CT molecular complexity index is 1490. The maximum absolute atomic E-state index is 12.3. The average molecular weight is 495 g/mol. The van der Waals surface area contributed by atoms with Gasteiger partial charge in [0.05, 0.1) is 35.4 Å². The molecule has 1 atom stereocenters. The average Bonchev–Trinajstić information content (AvgIpc) is 3.49. The molecular weight excluding hydrogens is 468 g/mol. The van der Waals surface area contributed by atoms with Gasteiger partial charge in [0, 0.05) is 12.5 Å². The van der Waals surface area contributed by atoms with Crippen molar-refractivity contribution in [2.24, 2.45) is 15.3 Å². The van der Waals surface area contributed by atoms with Gasteiger partial charge in [-0.1, -0.05) is 30.3 Å². The number of nitrogens with zero attached hydrogens (tertiary/aromatic N) is 6. The SMILES string of the molecule is COc1ccccc1C1OC(c2ccc(N=Nc3c(C)nn(-c4ccccc4)c3C)cc2)=NN1C(C)=O. The maximum atomic E-state index is 12.3. The molecule has 0 spiro atoms. The number of carbonyl (C=O) groups is 1. The summed E-state index contributed by atoms with van der Waals surface area (Å²) in [6.45, 7) is 5.34. The molecule has 0 N–H and O–H groups in total. The van der Waals surface area contributed by atoms with Gasteiger partial charge in [0.1, 0.15) is 11.4 Å². The van der Waals surface area contributed by atoms with Crippen LogP contribution in [0.3, 0.4) is 0 Å². The fraction of sp³-hybridized carbons (Fsp3) is 0.179. The summed E-state index contributed by atoms with van der Waals surface area (Å²) in [7, 11) is 1.58. The van der Waals surface area contributed by atoms with Crippen molar-refractivity contribution in [3.05, 3.63) is 101 Å². The number of hydrogen-bond donors (Lipinski definition) is 0. The summed E-state index contributed by atoms with van der Waals surface area (Å²) in [4.78, 5) is 12.3. The van der Waals surface area contributed by atoms with E-state index in [9.17, 15) is 4.79 Å². The Morgan fingerprint density at radius 2 is 1.65 bits per heavy atom. The normalized spacial score (nSPS) is 15.1. The van der Waals surface area contributed by atoms with Gasteiger partial charge in [0.25, 0.3) is 0 Å². The molecule has 9 nitrogen and oxygen atoms in total. The zero-order valence-electron chi connectivity index (χ0n) is 21.0. The molecule has 1 amide bonds. The molecule has 0 fully saturated rings. The van der Waals surface area contributed by atoms with E-state index in [-0.39, 0.29) is 5.91 Å². The minimum atomic E-state index is -0.713. The second-order valence-corrected chi connectivity index (χ2v) is 8.49. The van der Waals surface area contributed by atoms with Crippen molar-refractivity contribution in [1.29, 1.82) is 0 Å². The molecule has 0 saturated heterocycles. The quantitative estimate of drug-likeness (QED) is 0.300. The van der Waals surface area contributed by atoms with E-state index >= 15 is 0 Å². The number of hydrogen-bond acceptors (Lipinski definition) is 7. The van der Waals surface area contributed by atoms with Crippen molar-refractivity contribution >= 4 is 23.2 Å². The molecule has 0 aliphatic carbocycles. The number of hydrazone groups is 1. The number of amides is 1. The van der Waals surface area contributed by atoms with Gasteiger partial charge in [-0.25, -0.2) is 4.68 Å². The van der Waals surface area contributed by atoms with Gasteiger partial charge in [-0.05, 0) is 62.4 Å². The van der Waals surface area contributed by atoms with E-state index in [4.69, 9.17) is 9.47 Å². The Morgan fingerprint density at radius 3 is 2.35 bits per heavy atom. The van der Waals surface area contributed by atoms with E-state index in [0.29, 0.717) is 28.5 Å². The minimum Gasteiger partial charge on any atom is -0.496 e. The highest BCUT2D eigenvalue weighted by Gasteiger charge is 2.34. The third kappa shape index (κ3) is 4.71.